The minimum atomic E-state index is -0.899. The van der Waals surface area contributed by atoms with Gasteiger partial charge in [0.05, 0.1) is 11.9 Å². The number of aromatic nitrogens is 3. The molecule has 1 rings (SSSR count). The zero-order valence-corrected chi connectivity index (χ0v) is 9.04. The lowest BCUT2D eigenvalue weighted by Gasteiger charge is -2.09. The maximum absolute atomic E-state index is 11.4. The van der Waals surface area contributed by atoms with E-state index in [-0.39, 0.29) is 6.04 Å². The van der Waals surface area contributed by atoms with Crippen LogP contribution in [0.15, 0.2) is 6.20 Å². The minimum absolute atomic E-state index is 0.264. The average molecular weight is 226 g/mol. The first-order valence-corrected chi connectivity index (χ1v) is 4.69. The second kappa shape index (κ2) is 4.71. The maximum atomic E-state index is 11.4. The highest BCUT2D eigenvalue weighted by atomic mass is 16.2. The zero-order chi connectivity index (χ0) is 12.3. The number of amides is 3. The summed E-state index contributed by atoms with van der Waals surface area (Å²) < 4.78 is 1.32. The summed E-state index contributed by atoms with van der Waals surface area (Å²) in [7, 11) is 0. The highest BCUT2D eigenvalue weighted by molar-refractivity contribution is 5.95. The molecule has 1 aromatic rings. The van der Waals surface area contributed by atoms with Gasteiger partial charge in [0, 0.05) is 6.04 Å². The molecule has 0 fully saturated rings. The molecule has 0 aromatic carbocycles. The molecular weight excluding hydrogens is 212 g/mol. The highest BCUT2D eigenvalue weighted by Gasteiger charge is 2.18. The number of imide groups is 1. The molecule has 0 aliphatic carbocycles. The van der Waals surface area contributed by atoms with Gasteiger partial charge in [-0.25, -0.2) is 9.48 Å². The number of hydrogen-bond acceptors (Lipinski definition) is 5. The lowest BCUT2D eigenvalue weighted by atomic mass is 10.3. The molecule has 0 saturated carbocycles. The molecule has 88 valence electrons. The van der Waals surface area contributed by atoms with Gasteiger partial charge in [-0.1, -0.05) is 5.21 Å². The predicted molar refractivity (Wildman–Crippen MR) is 55.1 cm³/mol. The first-order chi connectivity index (χ1) is 7.41. The molecule has 1 aromatic heterocycles. The number of carbonyl (C=O) groups is 2. The lowest BCUT2D eigenvalue weighted by molar-refractivity contribution is -0.123. The summed E-state index contributed by atoms with van der Waals surface area (Å²) in [5, 5.41) is 9.49. The van der Waals surface area contributed by atoms with Crippen LogP contribution in [0.5, 0.6) is 0 Å². The van der Waals surface area contributed by atoms with Crippen LogP contribution >= 0.6 is 0 Å². The van der Waals surface area contributed by atoms with E-state index in [0.717, 1.165) is 0 Å². The third-order valence-electron chi connectivity index (χ3n) is 2.02. The van der Waals surface area contributed by atoms with Crippen molar-refractivity contribution < 1.29 is 9.59 Å². The summed E-state index contributed by atoms with van der Waals surface area (Å²) >= 11 is 0. The van der Waals surface area contributed by atoms with Gasteiger partial charge in [-0.05, 0) is 13.8 Å². The average Bonchev–Trinajstić information content (AvgIpc) is 2.64. The van der Waals surface area contributed by atoms with Crippen LogP contribution in [0.4, 0.5) is 4.79 Å². The van der Waals surface area contributed by atoms with Crippen molar-refractivity contribution in [3.63, 3.8) is 0 Å². The number of hydrogen-bond donors (Lipinski definition) is 3. The van der Waals surface area contributed by atoms with Gasteiger partial charge in [0.15, 0.2) is 0 Å². The Balaban J connectivity index is 2.76. The van der Waals surface area contributed by atoms with Crippen LogP contribution in [0, 0.1) is 0 Å². The fourth-order valence-corrected chi connectivity index (χ4v) is 1.03. The summed E-state index contributed by atoms with van der Waals surface area (Å²) in [6.07, 6.45) is 1.55. The van der Waals surface area contributed by atoms with E-state index in [1.807, 2.05) is 5.32 Å². The Morgan fingerprint density at radius 1 is 1.50 bits per heavy atom. The third kappa shape index (κ3) is 2.76. The molecule has 1 heterocycles. The van der Waals surface area contributed by atoms with E-state index in [1.165, 1.54) is 4.68 Å². The van der Waals surface area contributed by atoms with Crippen molar-refractivity contribution in [2.45, 2.75) is 25.9 Å². The van der Waals surface area contributed by atoms with Crippen molar-refractivity contribution in [3.05, 3.63) is 11.9 Å². The van der Waals surface area contributed by atoms with Gasteiger partial charge in [-0.15, -0.1) is 5.10 Å². The Morgan fingerprint density at radius 2 is 2.12 bits per heavy atom. The van der Waals surface area contributed by atoms with Gasteiger partial charge in [0.2, 0.25) is 0 Å². The molecule has 2 unspecified atom stereocenters. The predicted octanol–water partition coefficient (Wildman–Crippen LogP) is -0.946. The van der Waals surface area contributed by atoms with Gasteiger partial charge in [0.25, 0.3) is 5.91 Å². The van der Waals surface area contributed by atoms with Crippen molar-refractivity contribution in [1.82, 2.24) is 20.3 Å². The molecular formula is C8H14N6O2. The molecule has 2 atom stereocenters. The Morgan fingerprint density at radius 3 is 2.56 bits per heavy atom. The zero-order valence-electron chi connectivity index (χ0n) is 9.04. The van der Waals surface area contributed by atoms with Crippen molar-refractivity contribution in [3.8, 4) is 0 Å². The molecule has 16 heavy (non-hydrogen) atoms. The van der Waals surface area contributed by atoms with Crippen molar-refractivity contribution >= 4 is 11.9 Å². The summed E-state index contributed by atoms with van der Waals surface area (Å²) in [4.78, 5) is 21.9. The van der Waals surface area contributed by atoms with Gasteiger partial charge >= 0.3 is 6.03 Å². The van der Waals surface area contributed by atoms with Crippen LogP contribution in [-0.4, -0.2) is 26.9 Å². The van der Waals surface area contributed by atoms with Crippen LogP contribution in [-0.2, 0) is 4.79 Å². The van der Waals surface area contributed by atoms with Crippen LogP contribution in [0.3, 0.4) is 0 Å². The Hall–Kier alpha value is -1.96. The first kappa shape index (κ1) is 12.1. The first-order valence-electron chi connectivity index (χ1n) is 4.69. The van der Waals surface area contributed by atoms with Crippen molar-refractivity contribution in [1.29, 1.82) is 0 Å². The second-order valence-electron chi connectivity index (χ2n) is 3.44. The summed E-state index contributed by atoms with van der Waals surface area (Å²) in [6.45, 7) is 3.32. The summed E-state index contributed by atoms with van der Waals surface area (Å²) in [6, 6.07) is -1.84. The molecule has 5 N–H and O–H groups in total. The number of nitrogens with two attached hydrogens (primary N) is 2. The van der Waals surface area contributed by atoms with Gasteiger partial charge in [-0.2, -0.15) is 0 Å². The molecule has 0 aliphatic heterocycles. The van der Waals surface area contributed by atoms with Crippen molar-refractivity contribution in [2.24, 2.45) is 11.5 Å². The molecule has 0 spiro atoms. The highest BCUT2D eigenvalue weighted by Crippen LogP contribution is 2.08. The normalized spacial score (nSPS) is 14.2. The smallest absolute Gasteiger partial charge is 0.318 e. The van der Waals surface area contributed by atoms with Gasteiger partial charge in [-0.3, -0.25) is 10.1 Å². The number of primary amides is 1. The van der Waals surface area contributed by atoms with E-state index in [2.05, 4.69) is 10.3 Å². The number of nitrogens with one attached hydrogen (secondary N) is 1. The van der Waals surface area contributed by atoms with E-state index in [9.17, 15) is 9.59 Å². The number of nitrogens with zero attached hydrogens (tertiary/aromatic N) is 3. The molecule has 0 bridgehead atoms. The lowest BCUT2D eigenvalue weighted by Crippen LogP contribution is -2.39. The van der Waals surface area contributed by atoms with E-state index in [0.29, 0.717) is 5.69 Å². The Bertz CT molecular complexity index is 399. The quantitative estimate of drug-likeness (QED) is 0.612. The topological polar surface area (TPSA) is 129 Å². The molecule has 0 radical (unpaired) electrons. The van der Waals surface area contributed by atoms with E-state index < -0.39 is 18.0 Å². The second-order valence-corrected chi connectivity index (χ2v) is 3.44. The molecule has 3 amide bonds. The third-order valence-corrected chi connectivity index (χ3v) is 2.02. The van der Waals surface area contributed by atoms with Crippen LogP contribution in [0.1, 0.15) is 31.6 Å². The van der Waals surface area contributed by atoms with Crippen LogP contribution in [0.2, 0.25) is 0 Å². The molecule has 0 saturated heterocycles. The molecule has 8 heteroatoms. The van der Waals surface area contributed by atoms with E-state index in [1.54, 1.807) is 20.0 Å². The fourth-order valence-electron chi connectivity index (χ4n) is 1.03. The van der Waals surface area contributed by atoms with Crippen LogP contribution < -0.4 is 16.8 Å². The van der Waals surface area contributed by atoms with Gasteiger partial charge in [0.1, 0.15) is 6.04 Å². The molecule has 0 aliphatic rings. The molecule has 8 nitrogen and oxygen atoms in total. The Kier molecular flexibility index (Phi) is 3.56. The van der Waals surface area contributed by atoms with Crippen LogP contribution in [0.25, 0.3) is 0 Å². The minimum Gasteiger partial charge on any atom is -0.351 e. The maximum Gasteiger partial charge on any atom is 0.318 e. The Labute approximate surface area is 92.0 Å². The number of urea groups is 1. The number of rotatable bonds is 3. The van der Waals surface area contributed by atoms with E-state index >= 15 is 0 Å². The SMILES string of the molecule is CC(N)c1cn(C(C)C(=O)NC(N)=O)nn1. The standard InChI is InChI=1S/C8H14N6O2/c1-4(9)6-3-14(13-12-6)5(2)7(15)11-8(10)16/h3-5H,9H2,1-2H3,(H3,10,11,15,16). The largest absolute Gasteiger partial charge is 0.351 e. The summed E-state index contributed by atoms with van der Waals surface area (Å²) in [5.74, 6) is -0.548. The monoisotopic (exact) mass is 226 g/mol. The fraction of sp³-hybridized carbons (Fsp3) is 0.500. The van der Waals surface area contributed by atoms with E-state index in [4.69, 9.17) is 11.5 Å². The number of carbonyl (C=O) groups excluding carboxylic acids is 2. The summed E-state index contributed by atoms with van der Waals surface area (Å²) in [5.41, 5.74) is 11.0. The van der Waals surface area contributed by atoms with Gasteiger partial charge < -0.3 is 11.5 Å². The van der Waals surface area contributed by atoms with Crippen molar-refractivity contribution in [2.75, 3.05) is 0 Å².